The zero-order valence-electron chi connectivity index (χ0n) is 17.7. The number of carbonyl (C=O) groups excluding carboxylic acids is 1. The number of amides is 1. The number of likely N-dealkylation sites (tertiary alicyclic amines) is 1. The van der Waals surface area contributed by atoms with E-state index in [-0.39, 0.29) is 34.8 Å². The maximum absolute atomic E-state index is 14.5. The monoisotopic (exact) mass is 507 g/mol. The highest BCUT2D eigenvalue weighted by Gasteiger charge is 2.29. The second-order valence-electron chi connectivity index (χ2n) is 8.05. The summed E-state index contributed by atoms with van der Waals surface area (Å²) in [5.41, 5.74) is 0.0473. The van der Waals surface area contributed by atoms with Gasteiger partial charge in [-0.1, -0.05) is 41.9 Å². The smallest absolute Gasteiger partial charge is 0.254 e. The first-order chi connectivity index (χ1) is 16.1. The Morgan fingerprint density at radius 3 is 2.44 bits per heavy atom. The first-order valence-electron chi connectivity index (χ1n) is 10.3. The van der Waals surface area contributed by atoms with E-state index < -0.39 is 49.9 Å². The van der Waals surface area contributed by atoms with Gasteiger partial charge >= 0.3 is 0 Å². The summed E-state index contributed by atoms with van der Waals surface area (Å²) < 4.78 is 55.3. The molecule has 34 heavy (non-hydrogen) atoms. The van der Waals surface area contributed by atoms with Crippen molar-refractivity contribution in [2.75, 3.05) is 13.1 Å². The molecule has 178 valence electrons. The molecule has 1 aliphatic heterocycles. The first kappa shape index (κ1) is 24.1. The molecule has 0 radical (unpaired) electrons. The average molecular weight is 508 g/mol. The van der Waals surface area contributed by atoms with Gasteiger partial charge in [0.15, 0.2) is 15.6 Å². The molecule has 1 heterocycles. The molecule has 4 rings (SSSR count). The van der Waals surface area contributed by atoms with Gasteiger partial charge in [0.25, 0.3) is 5.91 Å². The van der Waals surface area contributed by atoms with Gasteiger partial charge in [-0.05, 0) is 30.2 Å². The highest BCUT2D eigenvalue weighted by molar-refractivity contribution is 7.90. The molecule has 0 bridgehead atoms. The summed E-state index contributed by atoms with van der Waals surface area (Å²) in [4.78, 5) is 13.5. The maximum Gasteiger partial charge on any atom is 0.254 e. The zero-order chi connectivity index (χ0) is 24.6. The molecule has 1 fully saturated rings. The van der Waals surface area contributed by atoms with E-state index >= 15 is 0 Å². The molecule has 1 saturated heterocycles. The van der Waals surface area contributed by atoms with Crippen LogP contribution in [0, 0.1) is 11.6 Å². The summed E-state index contributed by atoms with van der Waals surface area (Å²) in [5.74, 6) is -4.15. The zero-order valence-corrected chi connectivity index (χ0v) is 19.3. The molecule has 6 nitrogen and oxygen atoms in total. The quantitative estimate of drug-likeness (QED) is 0.540. The number of hydrogen-bond donors (Lipinski definition) is 2. The largest absolute Gasteiger partial charge is 0.505 e. The Labute approximate surface area is 199 Å². The van der Waals surface area contributed by atoms with E-state index in [0.29, 0.717) is 18.1 Å². The lowest BCUT2D eigenvalue weighted by molar-refractivity contribution is 0.0764. The molecule has 3 aromatic rings. The number of β-amino-alcohol motifs (C(OH)–C–C–N with tert-alkyl or cyclic N) is 1. The van der Waals surface area contributed by atoms with Crippen molar-refractivity contribution in [1.82, 2.24) is 4.90 Å². The number of hydrogen-bond acceptors (Lipinski definition) is 5. The van der Waals surface area contributed by atoms with Gasteiger partial charge in [-0.3, -0.25) is 4.79 Å². The number of aliphatic hydroxyl groups is 1. The molecular weight excluding hydrogens is 488 g/mol. The molecule has 10 heteroatoms. The fraction of sp³-hybridized carbons (Fsp3) is 0.208. The van der Waals surface area contributed by atoms with Gasteiger partial charge in [0, 0.05) is 35.8 Å². The van der Waals surface area contributed by atoms with Crippen LogP contribution in [0.15, 0.2) is 59.5 Å². The Bertz CT molecular complexity index is 1370. The fourth-order valence-electron chi connectivity index (χ4n) is 3.87. The van der Waals surface area contributed by atoms with Crippen molar-refractivity contribution in [3.63, 3.8) is 0 Å². The minimum Gasteiger partial charge on any atom is -0.505 e. The van der Waals surface area contributed by atoms with E-state index in [2.05, 4.69) is 0 Å². The number of sulfone groups is 1. The van der Waals surface area contributed by atoms with Gasteiger partial charge in [0.05, 0.1) is 16.9 Å². The van der Waals surface area contributed by atoms with Crippen LogP contribution in [0.25, 0.3) is 11.1 Å². The minimum atomic E-state index is -4.41. The summed E-state index contributed by atoms with van der Waals surface area (Å²) in [6.45, 7) is 0.367. The Kier molecular flexibility index (Phi) is 6.62. The van der Waals surface area contributed by atoms with Crippen LogP contribution in [-0.4, -0.2) is 48.6 Å². The van der Waals surface area contributed by atoms with Crippen molar-refractivity contribution >= 4 is 27.3 Å². The molecule has 1 amide bonds. The standard InChI is InChI=1S/C24H20ClF2NO5S/c25-19-9-15(24(31)28-7-6-17(29)12-28)10-22(23(19)30)34(32,33)13-16-8-18(21(27)11-20(16)26)14-4-2-1-3-5-14/h1-5,8-11,17,29-30H,6-7,12-13H2/t17-/m1/s1. The minimum absolute atomic E-state index is 0.0194. The number of aliphatic hydroxyl groups excluding tert-OH is 1. The molecular formula is C24H20ClF2NO5S. The number of halogens is 3. The van der Waals surface area contributed by atoms with Crippen LogP contribution in [0.3, 0.4) is 0 Å². The lowest BCUT2D eigenvalue weighted by Crippen LogP contribution is -2.29. The Balaban J connectivity index is 1.72. The number of carbonyl (C=O) groups is 1. The van der Waals surface area contributed by atoms with Crippen LogP contribution in [-0.2, 0) is 15.6 Å². The summed E-state index contributed by atoms with van der Waals surface area (Å²) in [5, 5.41) is 19.6. The van der Waals surface area contributed by atoms with E-state index in [1.54, 1.807) is 30.3 Å². The summed E-state index contributed by atoms with van der Waals surface area (Å²) in [6.07, 6.45) is -0.295. The third kappa shape index (κ3) is 4.77. The second-order valence-corrected chi connectivity index (χ2v) is 10.4. The van der Waals surface area contributed by atoms with Crippen molar-refractivity contribution < 1.29 is 32.2 Å². The number of rotatable bonds is 5. The number of benzene rings is 3. The number of phenols is 1. The van der Waals surface area contributed by atoms with Crippen LogP contribution in [0.4, 0.5) is 8.78 Å². The Morgan fingerprint density at radius 1 is 1.09 bits per heavy atom. The average Bonchev–Trinajstić information content (AvgIpc) is 3.23. The molecule has 1 atom stereocenters. The first-order valence-corrected chi connectivity index (χ1v) is 12.4. The van der Waals surface area contributed by atoms with Gasteiger partial charge in [0.2, 0.25) is 0 Å². The lowest BCUT2D eigenvalue weighted by atomic mass is 10.0. The normalized spacial score (nSPS) is 16.1. The van der Waals surface area contributed by atoms with Crippen molar-refractivity contribution in [2.24, 2.45) is 0 Å². The molecule has 0 unspecified atom stereocenters. The summed E-state index contributed by atoms with van der Waals surface area (Å²) in [7, 11) is -4.41. The van der Waals surface area contributed by atoms with E-state index in [1.807, 2.05) is 0 Å². The highest BCUT2D eigenvalue weighted by atomic mass is 35.5. The third-order valence-corrected chi connectivity index (χ3v) is 7.59. The molecule has 0 saturated carbocycles. The number of nitrogens with zero attached hydrogens (tertiary/aromatic N) is 1. The van der Waals surface area contributed by atoms with E-state index in [4.69, 9.17) is 11.6 Å². The molecule has 2 N–H and O–H groups in total. The predicted molar refractivity (Wildman–Crippen MR) is 122 cm³/mol. The number of phenolic OH excluding ortho intramolecular Hbond substituents is 1. The highest BCUT2D eigenvalue weighted by Crippen LogP contribution is 2.36. The molecule has 0 aliphatic carbocycles. The predicted octanol–water partition coefficient (Wildman–Crippen LogP) is 4.17. The van der Waals surface area contributed by atoms with Crippen LogP contribution in [0.2, 0.25) is 5.02 Å². The Hall–Kier alpha value is -3.01. The van der Waals surface area contributed by atoms with Crippen LogP contribution >= 0.6 is 11.6 Å². The van der Waals surface area contributed by atoms with Crippen molar-refractivity contribution in [1.29, 1.82) is 0 Å². The SMILES string of the molecule is O=C(c1cc(Cl)c(O)c(S(=O)(=O)Cc2cc(-c3ccccc3)c(F)cc2F)c1)N1CC[C@@H](O)C1. The van der Waals surface area contributed by atoms with Crippen LogP contribution in [0.5, 0.6) is 5.75 Å². The fourth-order valence-corrected chi connectivity index (χ4v) is 5.64. The van der Waals surface area contributed by atoms with Crippen molar-refractivity contribution in [3.05, 3.63) is 82.4 Å². The summed E-state index contributed by atoms with van der Waals surface area (Å²) in [6, 6.07) is 12.1. The molecule has 1 aliphatic rings. The van der Waals surface area contributed by atoms with Gasteiger partial charge in [0.1, 0.15) is 16.5 Å². The van der Waals surface area contributed by atoms with Crippen molar-refractivity contribution in [3.8, 4) is 16.9 Å². The topological polar surface area (TPSA) is 94.9 Å². The molecule has 0 aromatic heterocycles. The van der Waals surface area contributed by atoms with Gasteiger partial charge in [-0.2, -0.15) is 0 Å². The second kappa shape index (κ2) is 9.32. The van der Waals surface area contributed by atoms with Gasteiger partial charge < -0.3 is 15.1 Å². The van der Waals surface area contributed by atoms with Gasteiger partial charge in [-0.15, -0.1) is 0 Å². The van der Waals surface area contributed by atoms with Crippen LogP contribution < -0.4 is 0 Å². The van der Waals surface area contributed by atoms with Crippen LogP contribution in [0.1, 0.15) is 22.3 Å². The summed E-state index contributed by atoms with van der Waals surface area (Å²) >= 11 is 6.01. The third-order valence-electron chi connectivity index (χ3n) is 5.63. The molecule has 3 aromatic carbocycles. The van der Waals surface area contributed by atoms with Crippen molar-refractivity contribution in [2.45, 2.75) is 23.2 Å². The lowest BCUT2D eigenvalue weighted by Gasteiger charge is -2.17. The Morgan fingerprint density at radius 2 is 1.79 bits per heavy atom. The van der Waals surface area contributed by atoms with E-state index in [0.717, 1.165) is 18.2 Å². The molecule has 0 spiro atoms. The van der Waals surface area contributed by atoms with Gasteiger partial charge in [-0.25, -0.2) is 17.2 Å². The van der Waals surface area contributed by atoms with E-state index in [9.17, 15) is 32.2 Å². The maximum atomic E-state index is 14.5. The van der Waals surface area contributed by atoms with E-state index in [1.165, 1.54) is 4.90 Å². The number of aromatic hydroxyl groups is 1.